The van der Waals surface area contributed by atoms with E-state index >= 15 is 0 Å². The first kappa shape index (κ1) is 13.6. The van der Waals surface area contributed by atoms with E-state index in [1.807, 2.05) is 0 Å². The van der Waals surface area contributed by atoms with Gasteiger partial charge in [-0.1, -0.05) is 42.1 Å². The predicted octanol–water partition coefficient (Wildman–Crippen LogP) is 5.46. The summed E-state index contributed by atoms with van der Waals surface area (Å²) in [7, 11) is 0. The van der Waals surface area contributed by atoms with Crippen molar-refractivity contribution >= 4 is 29.0 Å². The smallest absolute Gasteiger partial charge is 0.190 e. The first-order chi connectivity index (χ1) is 8.68. The molecule has 1 aromatic rings. The van der Waals surface area contributed by atoms with Crippen LogP contribution in [0.3, 0.4) is 0 Å². The molecule has 0 saturated heterocycles. The number of ketones is 1. The molecule has 0 heterocycles. The lowest BCUT2D eigenvalue weighted by Crippen LogP contribution is -2.06. The molecule has 0 unspecified atom stereocenters. The van der Waals surface area contributed by atoms with Gasteiger partial charge in [-0.3, -0.25) is 4.79 Å². The van der Waals surface area contributed by atoms with Gasteiger partial charge in [-0.15, -0.1) is 0 Å². The summed E-state index contributed by atoms with van der Waals surface area (Å²) < 4.78 is 0. The fourth-order valence-electron chi connectivity index (χ4n) is 2.24. The van der Waals surface area contributed by atoms with Gasteiger partial charge in [0.05, 0.1) is 5.02 Å². The first-order valence-corrected chi connectivity index (χ1v) is 7.13. The fraction of sp³-hybridized carbons (Fsp3) is 0.400. The Bertz CT molecular complexity index is 477. The van der Waals surface area contributed by atoms with Gasteiger partial charge in [0, 0.05) is 10.6 Å². The highest BCUT2D eigenvalue weighted by molar-refractivity contribution is 6.37. The fourth-order valence-corrected chi connectivity index (χ4v) is 2.74. The molecule has 96 valence electrons. The van der Waals surface area contributed by atoms with Gasteiger partial charge in [-0.25, -0.2) is 0 Å². The Morgan fingerprint density at radius 3 is 2.61 bits per heavy atom. The van der Waals surface area contributed by atoms with E-state index in [1.165, 1.54) is 19.3 Å². The molecular formula is C15H16Cl2O. The van der Waals surface area contributed by atoms with Crippen LogP contribution in [0, 0.1) is 0 Å². The van der Waals surface area contributed by atoms with Gasteiger partial charge >= 0.3 is 0 Å². The SMILES string of the molecule is O=C(/C1=C/CCCCCC1)c1ccc(Cl)cc1Cl. The van der Waals surface area contributed by atoms with Gasteiger partial charge in [0.2, 0.25) is 0 Å². The van der Waals surface area contributed by atoms with Crippen LogP contribution in [0.4, 0.5) is 0 Å². The molecule has 0 N–H and O–H groups in total. The largest absolute Gasteiger partial charge is 0.289 e. The standard InChI is InChI=1S/C15H16Cl2O/c16-12-8-9-13(14(17)10-12)15(18)11-6-4-2-1-3-5-7-11/h6,8-10H,1-5,7H2/b11-6+. The summed E-state index contributed by atoms with van der Waals surface area (Å²) in [6, 6.07) is 5.05. The molecule has 1 nitrogen and oxygen atoms in total. The molecule has 18 heavy (non-hydrogen) atoms. The third kappa shape index (κ3) is 3.37. The summed E-state index contributed by atoms with van der Waals surface area (Å²) in [5.74, 6) is 0.0542. The molecule has 0 spiro atoms. The Kier molecular flexibility index (Phi) is 4.85. The summed E-state index contributed by atoms with van der Waals surface area (Å²) in [5, 5.41) is 0.999. The maximum atomic E-state index is 12.4. The van der Waals surface area contributed by atoms with Gasteiger partial charge in [0.15, 0.2) is 5.78 Å². The molecule has 0 atom stereocenters. The van der Waals surface area contributed by atoms with Crippen LogP contribution in [0.1, 0.15) is 48.9 Å². The topological polar surface area (TPSA) is 17.1 Å². The summed E-state index contributed by atoms with van der Waals surface area (Å²) >= 11 is 11.9. The van der Waals surface area contributed by atoms with E-state index in [2.05, 4.69) is 6.08 Å². The molecule has 0 aromatic heterocycles. The number of Topliss-reactive ketones (excluding diaryl/α,β-unsaturated/α-hetero) is 1. The molecule has 1 aliphatic carbocycles. The number of hydrogen-bond donors (Lipinski definition) is 0. The molecule has 3 heteroatoms. The van der Waals surface area contributed by atoms with Crippen molar-refractivity contribution in [1.29, 1.82) is 0 Å². The number of carbonyl (C=O) groups is 1. The van der Waals surface area contributed by atoms with Gasteiger partial charge in [-0.05, 0) is 49.5 Å². The third-order valence-corrected chi connectivity index (χ3v) is 3.81. The molecular weight excluding hydrogens is 267 g/mol. The predicted molar refractivity (Wildman–Crippen MR) is 76.6 cm³/mol. The summed E-state index contributed by atoms with van der Waals surface area (Å²) in [4.78, 5) is 12.4. The van der Waals surface area contributed by atoms with Crippen LogP contribution in [-0.4, -0.2) is 5.78 Å². The zero-order valence-electron chi connectivity index (χ0n) is 10.2. The Hall–Kier alpha value is -0.790. The highest BCUT2D eigenvalue weighted by Gasteiger charge is 2.16. The minimum absolute atomic E-state index is 0.0542. The van der Waals surface area contributed by atoms with Crippen molar-refractivity contribution in [3.05, 3.63) is 45.5 Å². The van der Waals surface area contributed by atoms with Gasteiger partial charge in [0.1, 0.15) is 0 Å². The molecule has 1 aliphatic rings. The van der Waals surface area contributed by atoms with Crippen LogP contribution < -0.4 is 0 Å². The van der Waals surface area contributed by atoms with Crippen LogP contribution in [0.15, 0.2) is 29.8 Å². The molecule has 1 aromatic carbocycles. The molecule has 0 radical (unpaired) electrons. The lowest BCUT2D eigenvalue weighted by atomic mass is 9.94. The van der Waals surface area contributed by atoms with Crippen molar-refractivity contribution in [1.82, 2.24) is 0 Å². The average Bonchev–Trinajstić information content (AvgIpc) is 2.27. The highest BCUT2D eigenvalue weighted by Crippen LogP contribution is 2.26. The van der Waals surface area contributed by atoms with E-state index < -0.39 is 0 Å². The van der Waals surface area contributed by atoms with Crippen LogP contribution in [0.5, 0.6) is 0 Å². The number of rotatable bonds is 2. The van der Waals surface area contributed by atoms with E-state index in [4.69, 9.17) is 23.2 Å². The molecule has 0 aliphatic heterocycles. The number of halogens is 2. The number of benzene rings is 1. The lowest BCUT2D eigenvalue weighted by Gasteiger charge is -2.11. The van der Waals surface area contributed by atoms with Crippen molar-refractivity contribution in [3.63, 3.8) is 0 Å². The minimum atomic E-state index is 0.0542. The van der Waals surface area contributed by atoms with E-state index in [-0.39, 0.29) is 5.78 Å². The van der Waals surface area contributed by atoms with E-state index in [0.717, 1.165) is 24.8 Å². The Balaban J connectivity index is 2.23. The normalized spacial score (nSPS) is 19.6. The number of hydrogen-bond acceptors (Lipinski definition) is 1. The summed E-state index contributed by atoms with van der Waals surface area (Å²) in [6.45, 7) is 0. The van der Waals surface area contributed by atoms with Crippen molar-refractivity contribution < 1.29 is 4.79 Å². The second-order valence-corrected chi connectivity index (χ2v) is 5.48. The van der Waals surface area contributed by atoms with Crippen molar-refractivity contribution in [2.24, 2.45) is 0 Å². The Morgan fingerprint density at radius 2 is 1.83 bits per heavy atom. The second-order valence-electron chi connectivity index (χ2n) is 4.64. The van der Waals surface area contributed by atoms with Crippen LogP contribution in [-0.2, 0) is 0 Å². The Morgan fingerprint density at radius 1 is 1.06 bits per heavy atom. The number of carbonyl (C=O) groups excluding carboxylic acids is 1. The average molecular weight is 283 g/mol. The second kappa shape index (κ2) is 6.40. The molecule has 0 saturated carbocycles. The monoisotopic (exact) mass is 282 g/mol. The van der Waals surface area contributed by atoms with Crippen LogP contribution >= 0.6 is 23.2 Å². The third-order valence-electron chi connectivity index (χ3n) is 3.26. The van der Waals surface area contributed by atoms with E-state index in [1.54, 1.807) is 18.2 Å². The van der Waals surface area contributed by atoms with Gasteiger partial charge in [0.25, 0.3) is 0 Å². The molecule has 2 rings (SSSR count). The zero-order chi connectivity index (χ0) is 13.0. The van der Waals surface area contributed by atoms with Crippen molar-refractivity contribution in [2.75, 3.05) is 0 Å². The van der Waals surface area contributed by atoms with Crippen LogP contribution in [0.25, 0.3) is 0 Å². The van der Waals surface area contributed by atoms with Gasteiger partial charge in [-0.2, -0.15) is 0 Å². The Labute approximate surface area is 118 Å². The quantitative estimate of drug-likeness (QED) is 0.659. The lowest BCUT2D eigenvalue weighted by molar-refractivity contribution is 0.102. The maximum Gasteiger partial charge on any atom is 0.190 e. The minimum Gasteiger partial charge on any atom is -0.289 e. The van der Waals surface area contributed by atoms with Gasteiger partial charge < -0.3 is 0 Å². The van der Waals surface area contributed by atoms with E-state index in [0.29, 0.717) is 15.6 Å². The molecule has 0 amide bonds. The number of allylic oxidation sites excluding steroid dienone is 2. The maximum absolute atomic E-state index is 12.4. The summed E-state index contributed by atoms with van der Waals surface area (Å²) in [6.07, 6.45) is 8.66. The van der Waals surface area contributed by atoms with Crippen LogP contribution in [0.2, 0.25) is 10.0 Å². The van der Waals surface area contributed by atoms with E-state index in [9.17, 15) is 4.79 Å². The van der Waals surface area contributed by atoms with Crippen molar-refractivity contribution in [3.8, 4) is 0 Å². The summed E-state index contributed by atoms with van der Waals surface area (Å²) in [5.41, 5.74) is 1.46. The molecule has 0 fully saturated rings. The zero-order valence-corrected chi connectivity index (χ0v) is 11.7. The highest BCUT2D eigenvalue weighted by atomic mass is 35.5. The molecule has 0 bridgehead atoms. The first-order valence-electron chi connectivity index (χ1n) is 6.37. The van der Waals surface area contributed by atoms with Crippen molar-refractivity contribution in [2.45, 2.75) is 38.5 Å².